The summed E-state index contributed by atoms with van der Waals surface area (Å²) in [4.78, 5) is 0. The number of rotatable bonds is 1. The molecule has 0 aliphatic carbocycles. The highest BCUT2D eigenvalue weighted by Crippen LogP contribution is 2.52. The molecule has 0 rings (SSSR count). The minimum Gasteiger partial charge on any atom is -1.00 e. The zero-order chi connectivity index (χ0) is 8.58. The number of nitrogens with zero attached hydrogens (tertiary/aromatic N) is 1. The first kappa shape index (κ1) is 14.4. The Balaban J connectivity index is 0. The average molecular weight is 242 g/mol. The van der Waals surface area contributed by atoms with Crippen LogP contribution in [-0.4, -0.2) is 37.3 Å². The van der Waals surface area contributed by atoms with E-state index in [4.69, 9.17) is 0 Å². The van der Waals surface area contributed by atoms with E-state index in [9.17, 15) is 0 Å². The summed E-state index contributed by atoms with van der Waals surface area (Å²) >= 11 is 0. The van der Waals surface area contributed by atoms with Crippen LogP contribution in [0.1, 0.15) is 20.8 Å². The van der Waals surface area contributed by atoms with Gasteiger partial charge in [-0.05, 0) is 20.8 Å². The van der Waals surface area contributed by atoms with Crippen molar-refractivity contribution in [3.8, 4) is 0 Å². The SMILES string of the molecule is CN(C(C)(C)C)[P+](C)(C)C.[Br-]. The molecule has 0 aromatic carbocycles. The highest BCUT2D eigenvalue weighted by molar-refractivity contribution is 7.71. The topological polar surface area (TPSA) is 3.24 Å². The Kier molecular flexibility index (Phi) is 5.50. The van der Waals surface area contributed by atoms with Gasteiger partial charge in [0.05, 0.1) is 27.4 Å². The summed E-state index contributed by atoms with van der Waals surface area (Å²) in [7, 11) is 1.42. The maximum Gasteiger partial charge on any atom is 0.0744 e. The van der Waals surface area contributed by atoms with E-state index in [0.717, 1.165) is 0 Å². The zero-order valence-electron chi connectivity index (χ0n) is 8.77. The molecule has 0 radical (unpaired) electrons. The largest absolute Gasteiger partial charge is 1.00 e. The lowest BCUT2D eigenvalue weighted by Gasteiger charge is -2.35. The number of halogens is 1. The lowest BCUT2D eigenvalue weighted by molar-refractivity contribution is -0.00000360. The Morgan fingerprint density at radius 3 is 1.27 bits per heavy atom. The molecule has 0 aromatic rings. The molecule has 70 valence electrons. The fraction of sp³-hybridized carbons (Fsp3) is 1.00. The summed E-state index contributed by atoms with van der Waals surface area (Å²) in [5.74, 6) is 0. The van der Waals surface area contributed by atoms with Crippen LogP contribution < -0.4 is 17.0 Å². The zero-order valence-corrected chi connectivity index (χ0v) is 11.3. The van der Waals surface area contributed by atoms with E-state index in [2.05, 4.69) is 52.5 Å². The molecule has 0 spiro atoms. The highest BCUT2D eigenvalue weighted by atomic mass is 79.9. The molecule has 0 fully saturated rings. The van der Waals surface area contributed by atoms with Crippen LogP contribution in [-0.2, 0) is 0 Å². The predicted octanol–water partition coefficient (Wildman–Crippen LogP) is -0.457. The molecule has 11 heavy (non-hydrogen) atoms. The maximum atomic E-state index is 2.49. The van der Waals surface area contributed by atoms with Gasteiger partial charge in [0, 0.05) is 12.6 Å². The third kappa shape index (κ3) is 5.16. The summed E-state index contributed by atoms with van der Waals surface area (Å²) in [6.45, 7) is 13.8. The van der Waals surface area contributed by atoms with Crippen LogP contribution in [0.3, 0.4) is 0 Å². The minimum atomic E-state index is -0.795. The second kappa shape index (κ2) is 4.20. The van der Waals surface area contributed by atoms with Gasteiger partial charge in [-0.3, -0.25) is 0 Å². The molecule has 0 saturated heterocycles. The van der Waals surface area contributed by atoms with Gasteiger partial charge < -0.3 is 17.0 Å². The van der Waals surface area contributed by atoms with Gasteiger partial charge in [0.1, 0.15) is 0 Å². The van der Waals surface area contributed by atoms with Crippen molar-refractivity contribution in [1.29, 1.82) is 0 Å². The molecule has 0 unspecified atom stereocenters. The van der Waals surface area contributed by atoms with E-state index < -0.39 is 7.41 Å². The Hall–Kier alpha value is 0.870. The number of hydrogen-bond acceptors (Lipinski definition) is 1. The van der Waals surface area contributed by atoms with Crippen molar-refractivity contribution in [1.82, 2.24) is 4.67 Å². The van der Waals surface area contributed by atoms with Gasteiger partial charge in [-0.15, -0.1) is 0 Å². The van der Waals surface area contributed by atoms with Crippen molar-refractivity contribution in [2.75, 3.05) is 27.0 Å². The van der Waals surface area contributed by atoms with E-state index in [-0.39, 0.29) is 17.0 Å². The van der Waals surface area contributed by atoms with Gasteiger partial charge in [-0.2, -0.15) is 4.67 Å². The molecule has 1 nitrogen and oxygen atoms in total. The second-order valence-corrected chi connectivity index (χ2v) is 9.12. The molecular weight excluding hydrogens is 221 g/mol. The number of hydrogen-bond donors (Lipinski definition) is 0. The van der Waals surface area contributed by atoms with Crippen LogP contribution in [0.15, 0.2) is 0 Å². The summed E-state index contributed by atoms with van der Waals surface area (Å²) in [5, 5.41) is 0. The van der Waals surface area contributed by atoms with Crippen LogP contribution >= 0.6 is 7.41 Å². The van der Waals surface area contributed by atoms with Crippen molar-refractivity contribution < 1.29 is 17.0 Å². The van der Waals surface area contributed by atoms with Gasteiger partial charge in [0.25, 0.3) is 0 Å². The van der Waals surface area contributed by atoms with E-state index in [1.807, 2.05) is 0 Å². The van der Waals surface area contributed by atoms with Crippen molar-refractivity contribution >= 4 is 7.41 Å². The first-order valence-corrected chi connectivity index (χ1v) is 6.80. The van der Waals surface area contributed by atoms with Crippen LogP contribution in [0, 0.1) is 0 Å². The van der Waals surface area contributed by atoms with Crippen molar-refractivity contribution in [2.45, 2.75) is 26.3 Å². The maximum absolute atomic E-state index is 2.49. The molecule has 0 bridgehead atoms. The lowest BCUT2D eigenvalue weighted by atomic mass is 10.1. The van der Waals surface area contributed by atoms with Crippen molar-refractivity contribution in [3.05, 3.63) is 0 Å². The van der Waals surface area contributed by atoms with Gasteiger partial charge in [-0.25, -0.2) is 0 Å². The summed E-state index contributed by atoms with van der Waals surface area (Å²) in [6, 6.07) is 0. The normalized spacial score (nSPS) is 13.1. The van der Waals surface area contributed by atoms with Gasteiger partial charge >= 0.3 is 0 Å². The monoisotopic (exact) mass is 241 g/mol. The van der Waals surface area contributed by atoms with Crippen LogP contribution in [0.25, 0.3) is 0 Å². The molecule has 0 N–H and O–H groups in total. The van der Waals surface area contributed by atoms with Gasteiger partial charge in [0.15, 0.2) is 0 Å². The smallest absolute Gasteiger partial charge is 0.0744 e. The van der Waals surface area contributed by atoms with E-state index in [0.29, 0.717) is 5.54 Å². The van der Waals surface area contributed by atoms with E-state index in [1.54, 1.807) is 0 Å². The summed E-state index contributed by atoms with van der Waals surface area (Å²) < 4.78 is 2.49. The molecule has 0 aliphatic rings. The molecule has 0 heterocycles. The molecule has 0 atom stereocenters. The minimum absolute atomic E-state index is 0. The summed E-state index contributed by atoms with van der Waals surface area (Å²) in [6.07, 6.45) is 0. The Labute approximate surface area is 82.7 Å². The second-order valence-electron chi connectivity index (χ2n) is 4.64. The molecule has 0 aromatic heterocycles. The first-order chi connectivity index (χ1) is 4.15. The fourth-order valence-electron chi connectivity index (χ4n) is 0.900. The Bertz CT molecular complexity index is 98.2. The van der Waals surface area contributed by atoms with E-state index in [1.165, 1.54) is 0 Å². The van der Waals surface area contributed by atoms with Gasteiger partial charge in [-0.1, -0.05) is 0 Å². The molecule has 0 aliphatic heterocycles. The van der Waals surface area contributed by atoms with Crippen molar-refractivity contribution in [2.24, 2.45) is 0 Å². The predicted molar refractivity (Wildman–Crippen MR) is 52.2 cm³/mol. The van der Waals surface area contributed by atoms with Crippen molar-refractivity contribution in [3.63, 3.8) is 0 Å². The fourth-order valence-corrected chi connectivity index (χ4v) is 2.70. The molecule has 0 amide bonds. The third-order valence-electron chi connectivity index (χ3n) is 1.87. The lowest BCUT2D eigenvalue weighted by Crippen LogP contribution is -3.00. The van der Waals surface area contributed by atoms with Gasteiger partial charge in [0.2, 0.25) is 0 Å². The first-order valence-electron chi connectivity index (χ1n) is 3.71. The third-order valence-corrected chi connectivity index (χ3v) is 4.27. The highest BCUT2D eigenvalue weighted by Gasteiger charge is 2.33. The molecule has 3 heteroatoms. The average Bonchev–Trinajstić information content (AvgIpc) is 1.59. The molecular formula is C8H21BrNP. The van der Waals surface area contributed by atoms with Crippen LogP contribution in [0.5, 0.6) is 0 Å². The standard InChI is InChI=1S/C8H21NP.BrH/c1-8(2,3)9(4)10(5,6)7;/h1-7H3;1H/q+1;/p-1. The summed E-state index contributed by atoms with van der Waals surface area (Å²) in [5.41, 5.74) is 0.325. The van der Waals surface area contributed by atoms with Crippen LogP contribution in [0.2, 0.25) is 0 Å². The quantitative estimate of drug-likeness (QED) is 0.563. The Morgan fingerprint density at radius 1 is 1.00 bits per heavy atom. The molecule has 0 saturated carbocycles. The van der Waals surface area contributed by atoms with Crippen LogP contribution in [0.4, 0.5) is 0 Å². The Morgan fingerprint density at radius 2 is 1.27 bits per heavy atom. The van der Waals surface area contributed by atoms with E-state index >= 15 is 0 Å².